The number of thiophene rings is 1. The summed E-state index contributed by atoms with van der Waals surface area (Å²) in [5.41, 5.74) is 2.01. The van der Waals surface area contributed by atoms with Gasteiger partial charge in [0.1, 0.15) is 30.2 Å². The molecule has 4 aliphatic rings. The number of hydrogen-bond acceptors (Lipinski definition) is 8. The highest BCUT2D eigenvalue weighted by atomic mass is 32.1. The Morgan fingerprint density at radius 3 is 2.71 bits per heavy atom. The topological polar surface area (TPSA) is 89.9 Å². The van der Waals surface area contributed by atoms with E-state index >= 15 is 4.39 Å². The second-order valence-corrected chi connectivity index (χ2v) is 14.5. The van der Waals surface area contributed by atoms with Gasteiger partial charge >= 0.3 is 12.2 Å². The Kier molecular flexibility index (Phi) is 7.25. The Hall–Kier alpha value is -3.87. The van der Waals surface area contributed by atoms with Crippen LogP contribution in [0.15, 0.2) is 18.2 Å². The first kappa shape index (κ1) is 31.4. The van der Waals surface area contributed by atoms with E-state index < -0.39 is 46.2 Å². The fourth-order valence-electron chi connectivity index (χ4n) is 8.25. The monoisotopic (exact) mass is 688 g/mol. The van der Waals surface area contributed by atoms with Crippen LogP contribution in [-0.2, 0) is 6.18 Å². The number of ether oxygens (including phenoxy) is 2. The first-order valence-electron chi connectivity index (χ1n) is 15.8. The number of fused-ring (bicyclic) bond motifs is 3. The summed E-state index contributed by atoms with van der Waals surface area (Å²) in [6, 6.07) is 2.36. The molecular weight excluding hydrogens is 658 g/mol. The van der Waals surface area contributed by atoms with Crippen LogP contribution in [0.2, 0.25) is 0 Å². The van der Waals surface area contributed by atoms with E-state index in [1.807, 2.05) is 4.90 Å². The molecule has 3 saturated heterocycles. The van der Waals surface area contributed by atoms with Crippen molar-refractivity contribution in [2.24, 2.45) is 5.41 Å². The van der Waals surface area contributed by atoms with Gasteiger partial charge in [-0.15, -0.1) is 11.3 Å². The molecule has 2 atom stereocenters. The first-order chi connectivity index (χ1) is 22.9. The zero-order valence-corrected chi connectivity index (χ0v) is 26.3. The van der Waals surface area contributed by atoms with Crippen molar-refractivity contribution in [1.82, 2.24) is 20.2 Å². The van der Waals surface area contributed by atoms with Crippen molar-refractivity contribution in [3.8, 4) is 23.0 Å². The molecule has 252 valence electrons. The Bertz CT molecular complexity index is 2000. The smallest absolute Gasteiger partial charge is 0.417 e. The molecule has 15 heteroatoms. The van der Waals surface area contributed by atoms with Gasteiger partial charge in [-0.2, -0.15) is 23.1 Å². The molecule has 1 saturated carbocycles. The number of nitrogens with two attached hydrogens (primary N) is 1. The lowest BCUT2D eigenvalue weighted by Gasteiger charge is -2.44. The molecule has 1 spiro atoms. The van der Waals surface area contributed by atoms with Gasteiger partial charge in [-0.1, -0.05) is 6.07 Å². The Morgan fingerprint density at radius 1 is 1.17 bits per heavy atom. The number of nitrogen functional groups attached to an aromatic ring is 1. The van der Waals surface area contributed by atoms with Gasteiger partial charge in [0.15, 0.2) is 5.82 Å². The quantitative estimate of drug-likeness (QED) is 0.161. The molecule has 4 fully saturated rings. The third kappa shape index (κ3) is 4.94. The van der Waals surface area contributed by atoms with E-state index in [-0.39, 0.29) is 74.7 Å². The van der Waals surface area contributed by atoms with E-state index in [4.69, 9.17) is 21.8 Å². The maximum absolute atomic E-state index is 16.9. The number of benzene rings is 2. The third-order valence-electron chi connectivity index (χ3n) is 10.5. The second kappa shape index (κ2) is 11.1. The largest absolute Gasteiger partial charge is 0.474 e. The minimum atomic E-state index is -5.08. The average Bonchev–Trinajstić information content (AvgIpc) is 3.79. The molecule has 8 nitrogen and oxygen atoms in total. The molecule has 5 heterocycles. The van der Waals surface area contributed by atoms with Crippen LogP contribution in [-0.4, -0.2) is 65.5 Å². The molecular formula is C33H30F6N6O2S. The fraction of sp³-hybridized carbons (Fsp3) is 0.485. The molecule has 3 N–H and O–H groups in total. The molecule has 3 aliphatic heterocycles. The number of rotatable bonds is 6. The lowest BCUT2D eigenvalue weighted by atomic mass is 9.66. The molecule has 4 aromatic rings. The summed E-state index contributed by atoms with van der Waals surface area (Å²) in [5, 5.41) is 2.70. The molecule has 8 rings (SSSR count). The van der Waals surface area contributed by atoms with Gasteiger partial charge in [-0.05, 0) is 68.3 Å². The summed E-state index contributed by atoms with van der Waals surface area (Å²) in [7, 11) is 0. The van der Waals surface area contributed by atoms with Crippen molar-refractivity contribution in [2.45, 2.75) is 62.5 Å². The van der Waals surface area contributed by atoms with Crippen LogP contribution in [0.25, 0.3) is 37.0 Å². The highest BCUT2D eigenvalue weighted by Gasteiger charge is 2.50. The van der Waals surface area contributed by atoms with Gasteiger partial charge in [-0.25, -0.2) is 18.0 Å². The molecule has 2 unspecified atom stereocenters. The molecule has 2 aromatic heterocycles. The molecule has 0 amide bonds. The van der Waals surface area contributed by atoms with Crippen LogP contribution in [0, 0.1) is 23.6 Å². The van der Waals surface area contributed by atoms with Crippen molar-refractivity contribution in [3.05, 3.63) is 46.8 Å². The summed E-state index contributed by atoms with van der Waals surface area (Å²) in [5.74, 6) is -2.42. The van der Waals surface area contributed by atoms with E-state index in [1.54, 1.807) is 0 Å². The van der Waals surface area contributed by atoms with Gasteiger partial charge in [0.05, 0.1) is 32.8 Å². The number of alkyl halides is 4. The van der Waals surface area contributed by atoms with E-state index in [1.165, 1.54) is 0 Å². The molecule has 0 radical (unpaired) electrons. The fourth-order valence-corrected chi connectivity index (χ4v) is 9.19. The van der Waals surface area contributed by atoms with Gasteiger partial charge in [-0.3, -0.25) is 4.90 Å². The Balaban J connectivity index is 1.29. The molecule has 48 heavy (non-hydrogen) atoms. The lowest BCUT2D eigenvalue weighted by molar-refractivity contribution is -0.137. The summed E-state index contributed by atoms with van der Waals surface area (Å²) in [6.07, 6.45) is -2.44. The van der Waals surface area contributed by atoms with Crippen molar-refractivity contribution < 1.29 is 35.8 Å². The van der Waals surface area contributed by atoms with E-state index in [0.717, 1.165) is 44.1 Å². The van der Waals surface area contributed by atoms with Crippen molar-refractivity contribution >= 4 is 43.0 Å². The van der Waals surface area contributed by atoms with Crippen molar-refractivity contribution in [3.63, 3.8) is 0 Å². The highest BCUT2D eigenvalue weighted by molar-refractivity contribution is 7.23. The van der Waals surface area contributed by atoms with Gasteiger partial charge in [0.25, 0.3) is 0 Å². The SMILES string of the molecule is [C-]#[N+]c1c(N)sc2c(F)ccc(-c3c(C(F)(F)F)cc4c(OC5CC6(CCNC6)C5)nc(OCC56CCCN5CC(F)C6)nc4c3F)c12. The van der Waals surface area contributed by atoms with Crippen LogP contribution < -0.4 is 20.5 Å². The predicted molar refractivity (Wildman–Crippen MR) is 168 cm³/mol. The molecule has 0 bridgehead atoms. The average molecular weight is 689 g/mol. The van der Waals surface area contributed by atoms with Gasteiger partial charge in [0, 0.05) is 30.5 Å². The highest BCUT2D eigenvalue weighted by Crippen LogP contribution is 2.52. The van der Waals surface area contributed by atoms with E-state index in [9.17, 15) is 22.0 Å². The van der Waals surface area contributed by atoms with Crippen LogP contribution in [0.3, 0.4) is 0 Å². The Morgan fingerprint density at radius 2 is 1.98 bits per heavy atom. The number of nitrogens with zero attached hydrogens (tertiary/aromatic N) is 4. The maximum Gasteiger partial charge on any atom is 0.417 e. The summed E-state index contributed by atoms with van der Waals surface area (Å²) >= 11 is 0.700. The standard InChI is InChI=1S/C33H30F6N6O2S/c1-41-26-23-18(3-4-21(35)27(23)48-28(26)40)22-20(33(37,38)39)9-19-25(24(22)36)43-30(46-15-32-5-2-8-45(32)13-16(34)10-32)44-29(19)47-17-11-31(12-17)6-7-42-14-31/h3-4,9,16-17,42H,2,5-8,10-15,40H2. The molecule has 1 aliphatic carbocycles. The zero-order chi connectivity index (χ0) is 33.6. The zero-order valence-electron chi connectivity index (χ0n) is 25.5. The number of anilines is 1. The molecule has 2 aromatic carbocycles. The van der Waals surface area contributed by atoms with Crippen molar-refractivity contribution in [2.75, 3.05) is 38.5 Å². The van der Waals surface area contributed by atoms with Gasteiger partial charge in [0.2, 0.25) is 11.6 Å². The van der Waals surface area contributed by atoms with Gasteiger partial charge < -0.3 is 20.5 Å². The summed E-state index contributed by atoms with van der Waals surface area (Å²) < 4.78 is 103. The normalized spacial score (nSPS) is 27.1. The number of halogens is 6. The summed E-state index contributed by atoms with van der Waals surface area (Å²) in [6.45, 7) is 10.3. The summed E-state index contributed by atoms with van der Waals surface area (Å²) in [4.78, 5) is 14.0. The van der Waals surface area contributed by atoms with Crippen LogP contribution in [0.4, 0.5) is 37.0 Å². The minimum absolute atomic E-state index is 0.00676. The first-order valence-corrected chi connectivity index (χ1v) is 16.6. The van der Waals surface area contributed by atoms with Crippen molar-refractivity contribution in [1.29, 1.82) is 0 Å². The second-order valence-electron chi connectivity index (χ2n) is 13.5. The number of nitrogens with one attached hydrogen (secondary N) is 1. The van der Waals surface area contributed by atoms with Crippen LogP contribution in [0.5, 0.6) is 11.9 Å². The van der Waals surface area contributed by atoms with Crippen LogP contribution in [0.1, 0.15) is 44.1 Å². The maximum atomic E-state index is 16.9. The minimum Gasteiger partial charge on any atom is -0.474 e. The Labute approximate surface area is 275 Å². The van der Waals surface area contributed by atoms with E-state index in [2.05, 4.69) is 20.1 Å². The lowest BCUT2D eigenvalue weighted by Crippen LogP contribution is -2.45. The predicted octanol–water partition coefficient (Wildman–Crippen LogP) is 7.42. The number of hydrogen-bond donors (Lipinski definition) is 2. The van der Waals surface area contributed by atoms with Crippen LogP contribution >= 0.6 is 11.3 Å². The third-order valence-corrected chi connectivity index (χ3v) is 11.5. The van der Waals surface area contributed by atoms with E-state index in [0.29, 0.717) is 37.1 Å². The number of aromatic nitrogens is 2.